The van der Waals surface area contributed by atoms with Crippen LogP contribution in [-0.4, -0.2) is 54.2 Å². The number of benzene rings is 2. The molecule has 7 nitrogen and oxygen atoms in total. The van der Waals surface area contributed by atoms with Gasteiger partial charge in [0.25, 0.3) is 0 Å². The molecule has 0 aromatic heterocycles. The lowest BCUT2D eigenvalue weighted by Gasteiger charge is -2.25. The van der Waals surface area contributed by atoms with Crippen LogP contribution in [0.5, 0.6) is 0 Å². The molecule has 0 unspecified atom stereocenters. The number of carboxylic acids is 1. The zero-order valence-electron chi connectivity index (χ0n) is 18.8. The van der Waals surface area contributed by atoms with Gasteiger partial charge < -0.3 is 15.2 Å². The first kappa shape index (κ1) is 22.8. The SMILES string of the molecule is CN(C(=O)OCC1c2ccccc2-c2ccccc21)[C@@H](CCCCNC(=O)C1CC1)C(=O)O. The monoisotopic (exact) mass is 450 g/mol. The molecule has 174 valence electrons. The molecule has 0 spiro atoms. The molecule has 1 fully saturated rings. The van der Waals surface area contributed by atoms with Gasteiger partial charge in [-0.2, -0.15) is 0 Å². The lowest BCUT2D eigenvalue weighted by molar-refractivity contribution is -0.142. The summed E-state index contributed by atoms with van der Waals surface area (Å²) >= 11 is 0. The molecule has 0 aliphatic heterocycles. The van der Waals surface area contributed by atoms with Gasteiger partial charge >= 0.3 is 12.1 Å². The zero-order chi connectivity index (χ0) is 23.4. The van der Waals surface area contributed by atoms with E-state index in [0.29, 0.717) is 25.8 Å². The highest BCUT2D eigenvalue weighted by Gasteiger charge is 2.32. The third kappa shape index (κ3) is 5.18. The number of amides is 2. The third-order valence-corrected chi connectivity index (χ3v) is 6.53. The zero-order valence-corrected chi connectivity index (χ0v) is 18.8. The van der Waals surface area contributed by atoms with Gasteiger partial charge in [0.1, 0.15) is 12.6 Å². The molecule has 0 saturated heterocycles. The Bertz CT molecular complexity index is 987. The maximum Gasteiger partial charge on any atom is 0.410 e. The minimum Gasteiger partial charge on any atom is -0.480 e. The van der Waals surface area contributed by atoms with Gasteiger partial charge in [-0.05, 0) is 54.4 Å². The van der Waals surface area contributed by atoms with E-state index in [1.807, 2.05) is 36.4 Å². The Morgan fingerprint density at radius 3 is 2.21 bits per heavy atom. The van der Waals surface area contributed by atoms with Crippen molar-refractivity contribution in [2.45, 2.75) is 44.1 Å². The number of fused-ring (bicyclic) bond motifs is 3. The number of carbonyl (C=O) groups excluding carboxylic acids is 2. The van der Waals surface area contributed by atoms with Gasteiger partial charge in [-0.1, -0.05) is 48.5 Å². The van der Waals surface area contributed by atoms with Gasteiger partial charge in [0.2, 0.25) is 5.91 Å². The molecule has 2 aromatic carbocycles. The highest BCUT2D eigenvalue weighted by molar-refractivity contribution is 5.81. The average molecular weight is 451 g/mol. The van der Waals surface area contributed by atoms with Crippen molar-refractivity contribution in [1.82, 2.24) is 10.2 Å². The van der Waals surface area contributed by atoms with Crippen LogP contribution in [0, 0.1) is 5.92 Å². The van der Waals surface area contributed by atoms with Gasteiger partial charge in [0.15, 0.2) is 0 Å². The van der Waals surface area contributed by atoms with E-state index in [1.54, 1.807) is 0 Å². The van der Waals surface area contributed by atoms with Crippen molar-refractivity contribution < 1.29 is 24.2 Å². The van der Waals surface area contributed by atoms with E-state index in [1.165, 1.54) is 7.05 Å². The van der Waals surface area contributed by atoms with Gasteiger partial charge in [-0.3, -0.25) is 9.69 Å². The highest BCUT2D eigenvalue weighted by Crippen LogP contribution is 2.44. The maximum absolute atomic E-state index is 12.7. The molecule has 2 amide bonds. The maximum atomic E-state index is 12.7. The summed E-state index contributed by atoms with van der Waals surface area (Å²) in [5.74, 6) is -0.891. The van der Waals surface area contributed by atoms with E-state index in [2.05, 4.69) is 17.4 Å². The smallest absolute Gasteiger partial charge is 0.410 e. The van der Waals surface area contributed by atoms with Gasteiger partial charge in [0.05, 0.1) is 0 Å². The fourth-order valence-corrected chi connectivity index (χ4v) is 4.47. The molecule has 2 aliphatic rings. The number of likely N-dealkylation sites (N-methyl/N-ethyl adjacent to an activating group) is 1. The van der Waals surface area contributed by atoms with Gasteiger partial charge in [-0.15, -0.1) is 0 Å². The van der Waals surface area contributed by atoms with E-state index in [4.69, 9.17) is 4.74 Å². The molecule has 33 heavy (non-hydrogen) atoms. The summed E-state index contributed by atoms with van der Waals surface area (Å²) in [6.07, 6.45) is 2.82. The summed E-state index contributed by atoms with van der Waals surface area (Å²) in [5.41, 5.74) is 4.49. The number of carboxylic acid groups (broad SMARTS) is 1. The van der Waals surface area contributed by atoms with Crippen LogP contribution in [0.15, 0.2) is 48.5 Å². The van der Waals surface area contributed by atoms with E-state index < -0.39 is 18.1 Å². The Morgan fingerprint density at radius 2 is 1.64 bits per heavy atom. The Labute approximate surface area is 193 Å². The lowest BCUT2D eigenvalue weighted by Crippen LogP contribution is -2.43. The fourth-order valence-electron chi connectivity index (χ4n) is 4.47. The normalized spacial score (nSPS) is 15.3. The van der Waals surface area contributed by atoms with Crippen LogP contribution in [0.1, 0.15) is 49.1 Å². The fraction of sp³-hybridized carbons (Fsp3) is 0.423. The standard InChI is InChI=1S/C26H30N2O5/c1-28(23(25(30)31)12-6-7-15-27-24(29)17-13-14-17)26(32)33-16-22-20-10-4-2-8-18(20)19-9-3-5-11-21(19)22/h2-5,8-11,17,22-23H,6-7,12-16H2,1H3,(H,27,29)(H,30,31)/t23-/m0/s1. The highest BCUT2D eigenvalue weighted by atomic mass is 16.6. The van der Waals surface area contributed by atoms with Crippen molar-refractivity contribution in [3.05, 3.63) is 59.7 Å². The lowest BCUT2D eigenvalue weighted by atomic mass is 9.98. The van der Waals surface area contributed by atoms with Crippen molar-refractivity contribution in [1.29, 1.82) is 0 Å². The second-order valence-corrected chi connectivity index (χ2v) is 8.83. The average Bonchev–Trinajstić information content (AvgIpc) is 3.62. The van der Waals surface area contributed by atoms with Crippen LogP contribution in [0.25, 0.3) is 11.1 Å². The number of unbranched alkanes of at least 4 members (excludes halogenated alkanes) is 1. The van der Waals surface area contributed by atoms with Gasteiger partial charge in [-0.25, -0.2) is 9.59 Å². The molecular weight excluding hydrogens is 420 g/mol. The minimum atomic E-state index is -1.06. The Kier molecular flexibility index (Phi) is 6.96. The molecule has 1 saturated carbocycles. The first-order valence-corrected chi connectivity index (χ1v) is 11.6. The molecule has 1 atom stereocenters. The quantitative estimate of drug-likeness (QED) is 0.533. The second-order valence-electron chi connectivity index (χ2n) is 8.83. The van der Waals surface area contributed by atoms with Crippen molar-refractivity contribution in [3.63, 3.8) is 0 Å². The summed E-state index contributed by atoms with van der Waals surface area (Å²) in [5, 5.41) is 12.5. The van der Waals surface area contributed by atoms with Crippen LogP contribution >= 0.6 is 0 Å². The number of carbonyl (C=O) groups is 3. The molecule has 7 heteroatoms. The topological polar surface area (TPSA) is 95.9 Å². The van der Waals surface area contributed by atoms with Crippen LogP contribution < -0.4 is 5.32 Å². The number of nitrogens with zero attached hydrogens (tertiary/aromatic N) is 1. The minimum absolute atomic E-state index is 0.0758. The van der Waals surface area contributed by atoms with Crippen molar-refractivity contribution in [2.75, 3.05) is 20.2 Å². The molecule has 0 bridgehead atoms. The Morgan fingerprint density at radius 1 is 1.03 bits per heavy atom. The third-order valence-electron chi connectivity index (χ3n) is 6.53. The number of hydrogen-bond acceptors (Lipinski definition) is 4. The van der Waals surface area contributed by atoms with Crippen molar-refractivity contribution >= 4 is 18.0 Å². The first-order chi connectivity index (χ1) is 16.0. The molecule has 4 rings (SSSR count). The number of ether oxygens (including phenoxy) is 1. The van der Waals surface area contributed by atoms with Crippen LogP contribution in [-0.2, 0) is 14.3 Å². The predicted octanol–water partition coefficient (Wildman–Crippen LogP) is 4.02. The first-order valence-electron chi connectivity index (χ1n) is 11.6. The predicted molar refractivity (Wildman–Crippen MR) is 124 cm³/mol. The number of aliphatic carboxylic acids is 1. The van der Waals surface area contributed by atoms with Crippen LogP contribution in [0.3, 0.4) is 0 Å². The number of nitrogens with one attached hydrogen (secondary N) is 1. The number of rotatable bonds is 10. The van der Waals surface area contributed by atoms with Crippen LogP contribution in [0.4, 0.5) is 4.79 Å². The summed E-state index contributed by atoms with van der Waals surface area (Å²) in [6.45, 7) is 0.674. The Balaban J connectivity index is 1.30. The second kappa shape index (κ2) is 10.1. The molecule has 2 aliphatic carbocycles. The summed E-state index contributed by atoms with van der Waals surface area (Å²) in [4.78, 5) is 37.3. The molecule has 2 aromatic rings. The molecule has 0 heterocycles. The van der Waals surface area contributed by atoms with Crippen LogP contribution in [0.2, 0.25) is 0 Å². The Hall–Kier alpha value is -3.35. The van der Waals surface area contributed by atoms with E-state index in [-0.39, 0.29) is 24.3 Å². The largest absolute Gasteiger partial charge is 0.480 e. The number of hydrogen-bond donors (Lipinski definition) is 2. The van der Waals surface area contributed by atoms with Crippen molar-refractivity contribution in [3.8, 4) is 11.1 Å². The molecular formula is C26H30N2O5. The van der Waals surface area contributed by atoms with E-state index in [9.17, 15) is 19.5 Å². The van der Waals surface area contributed by atoms with E-state index >= 15 is 0 Å². The van der Waals surface area contributed by atoms with E-state index in [0.717, 1.165) is 40.0 Å². The molecule has 0 radical (unpaired) electrons. The van der Waals surface area contributed by atoms with Crippen molar-refractivity contribution in [2.24, 2.45) is 5.92 Å². The summed E-state index contributed by atoms with van der Waals surface area (Å²) in [6, 6.07) is 15.2. The molecule has 2 N–H and O–H groups in total. The van der Waals surface area contributed by atoms with Gasteiger partial charge in [0, 0.05) is 25.4 Å². The summed E-state index contributed by atoms with van der Waals surface area (Å²) in [7, 11) is 1.46. The summed E-state index contributed by atoms with van der Waals surface area (Å²) < 4.78 is 5.59.